The third-order valence-corrected chi connectivity index (χ3v) is 2.95. The second-order valence-electron chi connectivity index (χ2n) is 4.34. The van der Waals surface area contributed by atoms with E-state index < -0.39 is 4.92 Å². The summed E-state index contributed by atoms with van der Waals surface area (Å²) < 4.78 is 6.87. The zero-order chi connectivity index (χ0) is 15.0. The molecule has 106 valence electrons. The van der Waals surface area contributed by atoms with E-state index in [-0.39, 0.29) is 17.3 Å². The maximum Gasteiger partial charge on any atom is 0.292 e. The largest absolute Gasteiger partial charge is 0.393 e. The molecule has 2 heterocycles. The van der Waals surface area contributed by atoms with Gasteiger partial charge < -0.3 is 14.8 Å². The number of aromatic nitrogens is 4. The molecule has 0 saturated heterocycles. The number of nitro groups is 1. The van der Waals surface area contributed by atoms with Gasteiger partial charge in [-0.25, -0.2) is 4.98 Å². The summed E-state index contributed by atoms with van der Waals surface area (Å²) in [5.74, 6) is 0.527. The minimum Gasteiger partial charge on any atom is -0.393 e. The molecule has 1 aromatic carbocycles. The third-order valence-electron chi connectivity index (χ3n) is 2.95. The first kappa shape index (κ1) is 12.8. The molecule has 0 radical (unpaired) electrons. The molecule has 0 fully saturated rings. The first-order valence-corrected chi connectivity index (χ1v) is 5.91. The first-order chi connectivity index (χ1) is 10.1. The molecule has 0 unspecified atom stereocenters. The zero-order valence-electron chi connectivity index (χ0n) is 10.9. The highest BCUT2D eigenvalue weighted by Gasteiger charge is 2.17. The predicted molar refractivity (Wildman–Crippen MR) is 73.0 cm³/mol. The van der Waals surface area contributed by atoms with Gasteiger partial charge in [-0.2, -0.15) is 4.98 Å². The monoisotopic (exact) mass is 286 g/mol. The van der Waals surface area contributed by atoms with Crippen LogP contribution in [0.5, 0.6) is 0 Å². The number of hydrogen-bond acceptors (Lipinski definition) is 7. The van der Waals surface area contributed by atoms with E-state index in [1.54, 1.807) is 30.2 Å². The molecule has 0 spiro atoms. The highest BCUT2D eigenvalue weighted by Crippen LogP contribution is 2.28. The van der Waals surface area contributed by atoms with Crippen LogP contribution in [-0.2, 0) is 7.05 Å². The summed E-state index contributed by atoms with van der Waals surface area (Å²) in [7, 11) is 1.80. The fourth-order valence-electron chi connectivity index (χ4n) is 1.85. The van der Waals surface area contributed by atoms with Gasteiger partial charge in [0, 0.05) is 18.7 Å². The normalized spacial score (nSPS) is 10.7. The number of benzene rings is 1. The maximum atomic E-state index is 10.9. The first-order valence-electron chi connectivity index (χ1n) is 5.91. The molecule has 0 amide bonds. The molecular formula is C12H10N6O3. The smallest absolute Gasteiger partial charge is 0.292 e. The number of aryl methyl sites for hydroxylation is 1. The van der Waals surface area contributed by atoms with Crippen LogP contribution in [-0.4, -0.2) is 24.6 Å². The summed E-state index contributed by atoms with van der Waals surface area (Å²) in [6.45, 7) is 0. The average molecular weight is 286 g/mol. The Hall–Kier alpha value is -3.23. The zero-order valence-corrected chi connectivity index (χ0v) is 10.9. The van der Waals surface area contributed by atoms with Crippen molar-refractivity contribution in [1.82, 2.24) is 19.7 Å². The fraction of sp³-hybridized carbons (Fsp3) is 0.0833. The van der Waals surface area contributed by atoms with Gasteiger partial charge in [-0.15, -0.1) is 0 Å². The quantitative estimate of drug-likeness (QED) is 0.440. The minimum absolute atomic E-state index is 0.0788. The van der Waals surface area contributed by atoms with Crippen LogP contribution in [0.2, 0.25) is 0 Å². The van der Waals surface area contributed by atoms with Gasteiger partial charge >= 0.3 is 0 Å². The van der Waals surface area contributed by atoms with E-state index in [9.17, 15) is 10.1 Å². The Balaban J connectivity index is 2.03. The van der Waals surface area contributed by atoms with Gasteiger partial charge in [-0.1, -0.05) is 5.16 Å². The molecule has 0 saturated carbocycles. The van der Waals surface area contributed by atoms with Crippen molar-refractivity contribution < 1.29 is 9.45 Å². The molecule has 3 aromatic rings. The van der Waals surface area contributed by atoms with Crippen LogP contribution in [0, 0.1) is 10.1 Å². The van der Waals surface area contributed by atoms with E-state index in [1.165, 1.54) is 12.1 Å². The molecule has 0 aliphatic rings. The Kier molecular flexibility index (Phi) is 2.87. The van der Waals surface area contributed by atoms with Crippen LogP contribution in [0.15, 0.2) is 35.2 Å². The molecule has 0 aliphatic carbocycles. The summed E-state index contributed by atoms with van der Waals surface area (Å²) >= 11 is 0. The van der Waals surface area contributed by atoms with Gasteiger partial charge in [0.25, 0.3) is 11.6 Å². The summed E-state index contributed by atoms with van der Waals surface area (Å²) in [6.07, 6.45) is 3.21. The maximum absolute atomic E-state index is 10.9. The average Bonchev–Trinajstić information content (AvgIpc) is 3.07. The molecular weight excluding hydrogens is 276 g/mol. The molecule has 21 heavy (non-hydrogen) atoms. The molecule has 3 rings (SSSR count). The Labute approximate surface area is 118 Å². The third kappa shape index (κ3) is 2.20. The van der Waals surface area contributed by atoms with Crippen molar-refractivity contribution in [2.24, 2.45) is 7.05 Å². The summed E-state index contributed by atoms with van der Waals surface area (Å²) in [4.78, 5) is 18.5. The second-order valence-corrected chi connectivity index (χ2v) is 4.34. The van der Waals surface area contributed by atoms with Gasteiger partial charge in [0.1, 0.15) is 11.4 Å². The Morgan fingerprint density at radius 2 is 2.24 bits per heavy atom. The second kappa shape index (κ2) is 4.71. The topological polar surface area (TPSA) is 126 Å². The van der Waals surface area contributed by atoms with Gasteiger partial charge in [-0.05, 0) is 12.1 Å². The van der Waals surface area contributed by atoms with Crippen LogP contribution in [0.1, 0.15) is 0 Å². The van der Waals surface area contributed by atoms with Crippen molar-refractivity contribution >= 4 is 11.4 Å². The summed E-state index contributed by atoms with van der Waals surface area (Å²) in [5.41, 5.74) is 6.53. The number of imidazole rings is 1. The van der Waals surface area contributed by atoms with Crippen molar-refractivity contribution in [3.05, 3.63) is 40.8 Å². The number of rotatable bonds is 3. The summed E-state index contributed by atoms with van der Waals surface area (Å²) in [5, 5.41) is 14.7. The lowest BCUT2D eigenvalue weighted by Crippen LogP contribution is -1.95. The fourth-order valence-corrected chi connectivity index (χ4v) is 1.85. The van der Waals surface area contributed by atoms with Crippen LogP contribution in [0.25, 0.3) is 23.0 Å². The van der Waals surface area contributed by atoms with Gasteiger partial charge in [-0.3, -0.25) is 10.1 Å². The molecule has 2 N–H and O–H groups in total. The molecule has 0 bridgehead atoms. The van der Waals surface area contributed by atoms with Crippen LogP contribution >= 0.6 is 0 Å². The number of nitro benzene ring substituents is 1. The number of nitrogens with two attached hydrogens (primary N) is 1. The molecule has 0 atom stereocenters. The lowest BCUT2D eigenvalue weighted by atomic mass is 10.2. The standard InChI is InChI=1S/C12H10N6O3/c1-17-6-14-5-10(17)11-15-12(21-16-11)7-2-3-8(13)9(4-7)18(19)20/h2-6H,13H2,1H3. The number of nitrogen functional groups attached to an aromatic ring is 1. The number of anilines is 1. The highest BCUT2D eigenvalue weighted by atomic mass is 16.6. The van der Waals surface area contributed by atoms with Crippen LogP contribution in [0.4, 0.5) is 11.4 Å². The lowest BCUT2D eigenvalue weighted by molar-refractivity contribution is -0.383. The van der Waals surface area contributed by atoms with Crippen LogP contribution < -0.4 is 5.73 Å². The number of hydrogen-bond donors (Lipinski definition) is 1. The molecule has 2 aromatic heterocycles. The van der Waals surface area contributed by atoms with Crippen molar-refractivity contribution in [3.63, 3.8) is 0 Å². The van der Waals surface area contributed by atoms with E-state index in [0.717, 1.165) is 0 Å². The van der Waals surface area contributed by atoms with E-state index in [2.05, 4.69) is 15.1 Å². The van der Waals surface area contributed by atoms with Gasteiger partial charge in [0.2, 0.25) is 5.82 Å². The Bertz CT molecular complexity index is 822. The predicted octanol–water partition coefficient (Wildman–Crippen LogP) is 1.63. The Morgan fingerprint density at radius 3 is 2.90 bits per heavy atom. The van der Waals surface area contributed by atoms with Crippen molar-refractivity contribution in [2.75, 3.05) is 5.73 Å². The summed E-state index contributed by atoms with van der Waals surface area (Å²) in [6, 6.07) is 4.32. The van der Waals surface area contributed by atoms with Gasteiger partial charge in [0.05, 0.1) is 17.4 Å². The minimum atomic E-state index is -0.558. The van der Waals surface area contributed by atoms with Gasteiger partial charge in [0.15, 0.2) is 0 Å². The van der Waals surface area contributed by atoms with Crippen molar-refractivity contribution in [3.8, 4) is 23.0 Å². The Morgan fingerprint density at radius 1 is 1.43 bits per heavy atom. The highest BCUT2D eigenvalue weighted by molar-refractivity contribution is 5.68. The number of nitrogens with zero attached hydrogens (tertiary/aromatic N) is 5. The van der Waals surface area contributed by atoms with Crippen molar-refractivity contribution in [1.29, 1.82) is 0 Å². The van der Waals surface area contributed by atoms with Crippen molar-refractivity contribution in [2.45, 2.75) is 0 Å². The molecule has 9 heteroatoms. The SMILES string of the molecule is Cn1cncc1-c1noc(-c2ccc(N)c([N+](=O)[O-])c2)n1. The van der Waals surface area contributed by atoms with E-state index in [1.807, 2.05) is 0 Å². The molecule has 9 nitrogen and oxygen atoms in total. The van der Waals surface area contributed by atoms with E-state index >= 15 is 0 Å². The van der Waals surface area contributed by atoms with E-state index in [4.69, 9.17) is 10.3 Å². The lowest BCUT2D eigenvalue weighted by Gasteiger charge is -1.98. The van der Waals surface area contributed by atoms with Crippen LogP contribution in [0.3, 0.4) is 0 Å². The van der Waals surface area contributed by atoms with E-state index in [0.29, 0.717) is 17.1 Å². The molecule has 0 aliphatic heterocycles.